The normalized spacial score (nSPS) is 20.4. The van der Waals surface area contributed by atoms with Crippen molar-refractivity contribution >= 4 is 21.6 Å². The fraction of sp³-hybridized carbons (Fsp3) is 0.520. The van der Waals surface area contributed by atoms with Crippen LogP contribution in [-0.2, 0) is 10.0 Å². The minimum Gasteiger partial charge on any atom is -0.396 e. The number of sulfonamides is 1. The number of aliphatic hydroxyl groups excluding tert-OH is 1. The zero-order valence-corrected chi connectivity index (χ0v) is 20.6. The number of halogens is 1. The third-order valence-electron chi connectivity index (χ3n) is 6.64. The molecule has 0 saturated heterocycles. The van der Waals surface area contributed by atoms with E-state index in [1.165, 1.54) is 11.1 Å². The lowest BCUT2D eigenvalue weighted by Gasteiger charge is -2.34. The number of nitrogens with zero attached hydrogens (tertiary/aromatic N) is 1. The molecule has 2 aromatic carbocycles. The van der Waals surface area contributed by atoms with E-state index >= 15 is 0 Å². The summed E-state index contributed by atoms with van der Waals surface area (Å²) in [5.41, 5.74) is 2.60. The zero-order valence-electron chi connectivity index (χ0n) is 19.0. The quantitative estimate of drug-likeness (QED) is 0.465. The van der Waals surface area contributed by atoms with Crippen LogP contribution in [0.25, 0.3) is 0 Å². The van der Waals surface area contributed by atoms with Gasteiger partial charge in [0.15, 0.2) is 0 Å². The van der Waals surface area contributed by atoms with Gasteiger partial charge in [0, 0.05) is 30.8 Å². The summed E-state index contributed by atoms with van der Waals surface area (Å²) >= 11 is 5.90. The summed E-state index contributed by atoms with van der Waals surface area (Å²) in [7, 11) is -1.82. The van der Waals surface area contributed by atoms with Gasteiger partial charge >= 0.3 is 0 Å². The lowest BCUT2D eigenvalue weighted by atomic mass is 9.81. The van der Waals surface area contributed by atoms with Crippen LogP contribution in [0.2, 0.25) is 5.02 Å². The van der Waals surface area contributed by atoms with Crippen molar-refractivity contribution in [3.8, 4) is 0 Å². The molecular weight excluding hydrogens is 444 g/mol. The largest absolute Gasteiger partial charge is 0.396 e. The minimum absolute atomic E-state index is 0.0225. The molecule has 0 bridgehead atoms. The first-order valence-electron chi connectivity index (χ1n) is 11.5. The molecule has 1 atom stereocenters. The van der Waals surface area contributed by atoms with E-state index in [0.717, 1.165) is 45.1 Å². The first kappa shape index (κ1) is 25.2. The van der Waals surface area contributed by atoms with Gasteiger partial charge in [-0.15, -0.1) is 0 Å². The molecule has 2 N–H and O–H groups in total. The van der Waals surface area contributed by atoms with Gasteiger partial charge in [0.1, 0.15) is 0 Å². The standard InChI is InChI=1S/C25H35ClN2O3S/c1-19(27-17-3-4-18-29)20-5-7-21(8-6-20)22-9-13-24(14-10-22)28(2)32(30,31)25-15-11-23(26)12-16-25/h5-8,11-12,15-16,19,22,24,27,29H,3-4,9-10,13-14,17-18H2,1-2H3. The van der Waals surface area contributed by atoms with Gasteiger partial charge < -0.3 is 10.4 Å². The van der Waals surface area contributed by atoms with Crippen LogP contribution < -0.4 is 5.32 Å². The number of hydrogen-bond donors (Lipinski definition) is 2. The Balaban J connectivity index is 1.54. The highest BCUT2D eigenvalue weighted by molar-refractivity contribution is 7.89. The molecule has 176 valence electrons. The molecule has 32 heavy (non-hydrogen) atoms. The first-order valence-corrected chi connectivity index (χ1v) is 13.3. The lowest BCUT2D eigenvalue weighted by Crippen LogP contribution is -2.39. The van der Waals surface area contributed by atoms with Gasteiger partial charge in [0.2, 0.25) is 10.0 Å². The van der Waals surface area contributed by atoms with Gasteiger partial charge in [-0.05, 0) is 93.3 Å². The Morgan fingerprint density at radius 3 is 2.25 bits per heavy atom. The Morgan fingerprint density at radius 1 is 1.03 bits per heavy atom. The number of hydrogen-bond acceptors (Lipinski definition) is 4. The second kappa shape index (κ2) is 11.6. The third kappa shape index (κ3) is 6.33. The topological polar surface area (TPSA) is 69.6 Å². The second-order valence-corrected chi connectivity index (χ2v) is 11.2. The van der Waals surface area contributed by atoms with Crippen molar-refractivity contribution in [2.24, 2.45) is 0 Å². The van der Waals surface area contributed by atoms with E-state index < -0.39 is 10.0 Å². The first-order chi connectivity index (χ1) is 15.3. The molecule has 1 aliphatic rings. The Kier molecular flexibility index (Phi) is 9.14. The summed E-state index contributed by atoms with van der Waals surface area (Å²) in [6, 6.07) is 15.5. The molecule has 0 heterocycles. The van der Waals surface area contributed by atoms with Gasteiger partial charge in [0.05, 0.1) is 4.90 Å². The Hall–Kier alpha value is -1.44. The van der Waals surface area contributed by atoms with E-state index in [4.69, 9.17) is 16.7 Å². The molecule has 3 rings (SSSR count). The molecule has 0 amide bonds. The molecular formula is C25H35ClN2O3S. The summed E-state index contributed by atoms with van der Waals surface area (Å²) < 4.78 is 27.5. The fourth-order valence-corrected chi connectivity index (χ4v) is 6.01. The molecule has 0 aliphatic heterocycles. The van der Waals surface area contributed by atoms with Crippen molar-refractivity contribution in [2.75, 3.05) is 20.2 Å². The Labute approximate surface area is 197 Å². The smallest absolute Gasteiger partial charge is 0.243 e. The number of aliphatic hydroxyl groups is 1. The van der Waals surface area contributed by atoms with Crippen LogP contribution in [0, 0.1) is 0 Å². The van der Waals surface area contributed by atoms with Gasteiger partial charge in [-0.2, -0.15) is 4.31 Å². The highest BCUT2D eigenvalue weighted by atomic mass is 35.5. The van der Waals surface area contributed by atoms with E-state index in [-0.39, 0.29) is 18.7 Å². The highest BCUT2D eigenvalue weighted by Gasteiger charge is 2.31. The van der Waals surface area contributed by atoms with Gasteiger partial charge in [-0.1, -0.05) is 35.9 Å². The summed E-state index contributed by atoms with van der Waals surface area (Å²) in [5, 5.41) is 12.9. The third-order valence-corrected chi connectivity index (χ3v) is 8.82. The SMILES string of the molecule is CC(NCCCCO)c1ccc(C2CCC(N(C)S(=O)(=O)c3ccc(Cl)cc3)CC2)cc1. The fourth-order valence-electron chi connectivity index (χ4n) is 4.47. The monoisotopic (exact) mass is 478 g/mol. The molecule has 0 spiro atoms. The number of nitrogens with one attached hydrogen (secondary N) is 1. The van der Waals surface area contributed by atoms with E-state index in [2.05, 4.69) is 36.5 Å². The van der Waals surface area contributed by atoms with Crippen LogP contribution in [0.1, 0.15) is 68.5 Å². The molecule has 7 heteroatoms. The Morgan fingerprint density at radius 2 is 1.66 bits per heavy atom. The predicted molar refractivity (Wildman–Crippen MR) is 131 cm³/mol. The van der Waals surface area contributed by atoms with E-state index in [1.807, 2.05) is 0 Å². The minimum atomic E-state index is -3.51. The number of benzene rings is 2. The average molecular weight is 479 g/mol. The van der Waals surface area contributed by atoms with Crippen LogP contribution in [0.5, 0.6) is 0 Å². The molecule has 0 radical (unpaired) electrons. The van der Waals surface area contributed by atoms with Gasteiger partial charge in [-0.25, -0.2) is 8.42 Å². The maximum absolute atomic E-state index is 13.0. The maximum Gasteiger partial charge on any atom is 0.243 e. The van der Waals surface area contributed by atoms with Crippen LogP contribution in [-0.4, -0.2) is 44.1 Å². The molecule has 0 aromatic heterocycles. The van der Waals surface area contributed by atoms with Crippen LogP contribution in [0.15, 0.2) is 53.4 Å². The molecule has 5 nitrogen and oxygen atoms in total. The number of rotatable bonds is 10. The summed E-state index contributed by atoms with van der Waals surface area (Å²) in [6.45, 7) is 3.31. The van der Waals surface area contributed by atoms with Gasteiger partial charge in [-0.3, -0.25) is 0 Å². The maximum atomic E-state index is 13.0. The molecule has 1 aliphatic carbocycles. The van der Waals surface area contributed by atoms with Crippen LogP contribution >= 0.6 is 11.6 Å². The summed E-state index contributed by atoms with van der Waals surface area (Å²) in [6.07, 6.45) is 5.50. The van der Waals surface area contributed by atoms with Crippen molar-refractivity contribution < 1.29 is 13.5 Å². The lowest BCUT2D eigenvalue weighted by molar-refractivity contribution is 0.268. The average Bonchev–Trinajstić information content (AvgIpc) is 2.82. The summed E-state index contributed by atoms with van der Waals surface area (Å²) in [5.74, 6) is 0.472. The molecule has 2 aromatic rings. The van der Waals surface area contributed by atoms with E-state index in [1.54, 1.807) is 35.6 Å². The Bertz CT molecular complexity index is 940. The highest BCUT2D eigenvalue weighted by Crippen LogP contribution is 2.36. The van der Waals surface area contributed by atoms with E-state index in [0.29, 0.717) is 15.8 Å². The van der Waals surface area contributed by atoms with Crippen molar-refractivity contribution in [3.63, 3.8) is 0 Å². The summed E-state index contributed by atoms with van der Waals surface area (Å²) in [4.78, 5) is 0.293. The second-order valence-electron chi connectivity index (χ2n) is 8.75. The van der Waals surface area contributed by atoms with Crippen molar-refractivity contribution in [1.29, 1.82) is 0 Å². The van der Waals surface area contributed by atoms with Crippen molar-refractivity contribution in [2.45, 2.75) is 68.3 Å². The van der Waals surface area contributed by atoms with E-state index in [9.17, 15) is 8.42 Å². The van der Waals surface area contributed by atoms with Crippen LogP contribution in [0.4, 0.5) is 0 Å². The van der Waals surface area contributed by atoms with Gasteiger partial charge in [0.25, 0.3) is 0 Å². The van der Waals surface area contributed by atoms with Crippen LogP contribution in [0.3, 0.4) is 0 Å². The molecule has 1 fully saturated rings. The van der Waals surface area contributed by atoms with Crippen molar-refractivity contribution in [1.82, 2.24) is 9.62 Å². The number of unbranched alkanes of at least 4 members (excludes halogenated alkanes) is 1. The predicted octanol–water partition coefficient (Wildman–Crippen LogP) is 5.11. The molecule has 1 unspecified atom stereocenters. The van der Waals surface area contributed by atoms with Crippen molar-refractivity contribution in [3.05, 3.63) is 64.7 Å². The zero-order chi connectivity index (χ0) is 23.1. The molecule has 1 saturated carbocycles.